The zero-order valence-electron chi connectivity index (χ0n) is 47.5. The van der Waals surface area contributed by atoms with Crippen LogP contribution in [0.15, 0.2) is 158 Å². The van der Waals surface area contributed by atoms with Gasteiger partial charge < -0.3 is 28.8 Å². The standard InChI is InChI=1S/C65H107N2O6P/c1-6-8-10-12-14-16-18-20-21-22-23-24-25-26-27-28-29-30-31-32-33-34-35-36-37-38-39-40-41-42-43-44-45-47-49-51-53-55-57-59-65(69)66-63(62-73-74(70,71)72-61-60-67(3,4)5)64(68)58-56-54-52-50-48-46-19-17-15-13-11-9-7-2/h8,10,14,16,20-21,23-24,26-27,29-30,32-33,35-36,38-39,41-42,44-45,48,50,56,58,63-64,68H,6-7,9,11-13,15,17-19,22,25,28,31,34,37,40,43,46-47,49,51-55,57,59-62H2,1-5H3,(H-,66,69,70,71)/b10-8-,16-14-,21-20-,24-23-,27-26-,30-29-,33-32-,36-35-,39-38-,42-41-,45-44-,50-48+,58-56+. The molecule has 0 aliphatic carbocycles. The van der Waals surface area contributed by atoms with Crippen molar-refractivity contribution in [1.82, 2.24) is 5.32 Å². The minimum atomic E-state index is -4.62. The highest BCUT2D eigenvalue weighted by Crippen LogP contribution is 2.38. The Morgan fingerprint density at radius 2 is 0.838 bits per heavy atom. The van der Waals surface area contributed by atoms with Gasteiger partial charge in [0.2, 0.25) is 5.91 Å². The Morgan fingerprint density at radius 1 is 0.486 bits per heavy atom. The van der Waals surface area contributed by atoms with Crippen molar-refractivity contribution in [2.24, 2.45) is 0 Å². The number of phosphoric acid groups is 1. The lowest BCUT2D eigenvalue weighted by atomic mass is 10.1. The van der Waals surface area contributed by atoms with Crippen LogP contribution in [-0.4, -0.2) is 68.5 Å². The molecule has 9 heteroatoms. The number of unbranched alkanes of at least 4 members (excludes halogenated alkanes) is 13. The first kappa shape index (κ1) is 70.1. The van der Waals surface area contributed by atoms with Crippen molar-refractivity contribution >= 4 is 13.7 Å². The molecular formula is C65H107N2O6P. The Hall–Kier alpha value is -3.88. The molecule has 0 radical (unpaired) electrons. The molecule has 0 heterocycles. The molecule has 1 amide bonds. The van der Waals surface area contributed by atoms with Gasteiger partial charge in [0.15, 0.2) is 0 Å². The summed E-state index contributed by atoms with van der Waals surface area (Å²) >= 11 is 0. The van der Waals surface area contributed by atoms with E-state index in [-0.39, 0.29) is 12.5 Å². The molecule has 0 aromatic rings. The minimum absolute atomic E-state index is 0.0192. The second-order valence-corrected chi connectivity index (χ2v) is 21.3. The Balaban J connectivity index is 4.22. The van der Waals surface area contributed by atoms with Gasteiger partial charge in [-0.3, -0.25) is 9.36 Å². The Bertz CT molecular complexity index is 1750. The van der Waals surface area contributed by atoms with Crippen molar-refractivity contribution in [1.29, 1.82) is 0 Å². The number of hydrogen-bond donors (Lipinski definition) is 2. The third-order valence-corrected chi connectivity index (χ3v) is 12.7. The van der Waals surface area contributed by atoms with Crippen molar-refractivity contribution in [2.45, 2.75) is 206 Å². The number of quaternary nitrogens is 1. The molecule has 0 aromatic carbocycles. The van der Waals surface area contributed by atoms with Gasteiger partial charge in [0.05, 0.1) is 39.9 Å². The van der Waals surface area contributed by atoms with Gasteiger partial charge in [-0.1, -0.05) is 230 Å². The first-order valence-electron chi connectivity index (χ1n) is 28.8. The van der Waals surface area contributed by atoms with Crippen molar-refractivity contribution in [2.75, 3.05) is 40.9 Å². The van der Waals surface area contributed by atoms with Crippen molar-refractivity contribution < 1.29 is 32.9 Å². The molecule has 0 saturated carbocycles. The lowest BCUT2D eigenvalue weighted by Gasteiger charge is -2.29. The summed E-state index contributed by atoms with van der Waals surface area (Å²) in [7, 11) is 1.20. The zero-order valence-corrected chi connectivity index (χ0v) is 48.4. The third-order valence-electron chi connectivity index (χ3n) is 11.7. The monoisotopic (exact) mass is 1040 g/mol. The molecule has 74 heavy (non-hydrogen) atoms. The van der Waals surface area contributed by atoms with Gasteiger partial charge >= 0.3 is 0 Å². The van der Waals surface area contributed by atoms with Crippen molar-refractivity contribution in [3.05, 3.63) is 158 Å². The number of allylic oxidation sites excluding steroid dienone is 25. The number of carbonyl (C=O) groups is 1. The minimum Gasteiger partial charge on any atom is -0.756 e. The van der Waals surface area contributed by atoms with E-state index in [0.717, 1.165) is 128 Å². The highest BCUT2D eigenvalue weighted by molar-refractivity contribution is 7.45. The quantitative estimate of drug-likeness (QED) is 0.0272. The smallest absolute Gasteiger partial charge is 0.268 e. The number of nitrogens with one attached hydrogen (secondary N) is 1. The number of aliphatic hydroxyl groups is 1. The van der Waals surface area contributed by atoms with Crippen LogP contribution in [0.2, 0.25) is 0 Å². The van der Waals surface area contributed by atoms with Gasteiger partial charge in [0.25, 0.3) is 7.82 Å². The van der Waals surface area contributed by atoms with E-state index in [1.807, 2.05) is 27.2 Å². The number of likely N-dealkylation sites (N-methyl/N-ethyl adjacent to an activating group) is 1. The van der Waals surface area contributed by atoms with Crippen LogP contribution in [-0.2, 0) is 18.4 Å². The number of carbonyl (C=O) groups excluding carboxylic acids is 1. The third kappa shape index (κ3) is 55.9. The normalized spacial score (nSPS) is 15.1. The van der Waals surface area contributed by atoms with Crippen LogP contribution in [0, 0.1) is 0 Å². The molecule has 418 valence electrons. The maximum atomic E-state index is 12.9. The van der Waals surface area contributed by atoms with Crippen molar-refractivity contribution in [3.8, 4) is 0 Å². The summed E-state index contributed by atoms with van der Waals surface area (Å²) in [5, 5.41) is 13.8. The van der Waals surface area contributed by atoms with Gasteiger partial charge in [0, 0.05) is 6.42 Å². The van der Waals surface area contributed by atoms with Crippen LogP contribution < -0.4 is 10.2 Å². The zero-order chi connectivity index (χ0) is 54.2. The molecular weight excluding hydrogens is 936 g/mol. The summed E-state index contributed by atoms with van der Waals surface area (Å²) in [6.45, 7) is 4.45. The fourth-order valence-electron chi connectivity index (χ4n) is 7.23. The van der Waals surface area contributed by atoms with Gasteiger partial charge in [-0.25, -0.2) is 0 Å². The van der Waals surface area contributed by atoms with E-state index >= 15 is 0 Å². The Labute approximate surface area is 454 Å². The van der Waals surface area contributed by atoms with E-state index in [1.54, 1.807) is 6.08 Å². The second-order valence-electron chi connectivity index (χ2n) is 19.9. The van der Waals surface area contributed by atoms with E-state index in [9.17, 15) is 19.4 Å². The maximum Gasteiger partial charge on any atom is 0.268 e. The van der Waals surface area contributed by atoms with Crippen LogP contribution in [0.3, 0.4) is 0 Å². The summed E-state index contributed by atoms with van der Waals surface area (Å²) in [4.78, 5) is 25.4. The number of hydrogen-bond acceptors (Lipinski definition) is 6. The summed E-state index contributed by atoms with van der Waals surface area (Å²) in [6, 6.07) is -0.925. The van der Waals surface area contributed by atoms with Crippen LogP contribution in [0.25, 0.3) is 0 Å². The predicted octanol–water partition coefficient (Wildman–Crippen LogP) is 17.2. The van der Waals surface area contributed by atoms with E-state index in [0.29, 0.717) is 17.4 Å². The van der Waals surface area contributed by atoms with E-state index in [1.165, 1.54) is 44.9 Å². The highest BCUT2D eigenvalue weighted by atomic mass is 31.2. The number of amides is 1. The van der Waals surface area contributed by atoms with Gasteiger partial charge in [-0.05, 0) is 116 Å². The lowest BCUT2D eigenvalue weighted by molar-refractivity contribution is -0.870. The molecule has 0 aliphatic rings. The van der Waals surface area contributed by atoms with Crippen LogP contribution in [0.5, 0.6) is 0 Å². The number of aliphatic hydroxyl groups excluding tert-OH is 1. The predicted molar refractivity (Wildman–Crippen MR) is 320 cm³/mol. The maximum absolute atomic E-state index is 12.9. The van der Waals surface area contributed by atoms with Crippen LogP contribution >= 0.6 is 7.82 Å². The molecule has 0 fully saturated rings. The van der Waals surface area contributed by atoms with Gasteiger partial charge in [-0.15, -0.1) is 0 Å². The molecule has 0 bridgehead atoms. The average Bonchev–Trinajstić information content (AvgIpc) is 3.36. The van der Waals surface area contributed by atoms with E-state index in [2.05, 4.69) is 165 Å². The fourth-order valence-corrected chi connectivity index (χ4v) is 7.95. The van der Waals surface area contributed by atoms with Gasteiger partial charge in [0.1, 0.15) is 13.2 Å². The number of rotatable bonds is 50. The SMILES string of the molecule is CC/C=C\C/C=C\C/C=C\C/C=C\C/C=C\C/C=C\C/C=C\C/C=C\C/C=C\C/C=C\C/C=C\CCCCCCCC(=O)NC(COP(=O)([O-])OCC[N+](C)(C)C)C(O)/C=C/CC/C=C/CCCCCCCCC. The average molecular weight is 1040 g/mol. The molecule has 0 aliphatic heterocycles. The van der Waals surface area contributed by atoms with Gasteiger partial charge in [-0.2, -0.15) is 0 Å². The largest absolute Gasteiger partial charge is 0.756 e. The second kappa shape index (κ2) is 53.9. The summed E-state index contributed by atoms with van der Waals surface area (Å²) in [5.74, 6) is -0.235. The molecule has 0 spiro atoms. The Morgan fingerprint density at radius 3 is 1.26 bits per heavy atom. The topological polar surface area (TPSA) is 108 Å². The molecule has 3 atom stereocenters. The molecule has 0 rings (SSSR count). The first-order valence-corrected chi connectivity index (χ1v) is 30.3. The molecule has 3 unspecified atom stereocenters. The molecule has 2 N–H and O–H groups in total. The number of phosphoric ester groups is 1. The molecule has 0 saturated heterocycles. The van der Waals surface area contributed by atoms with Crippen LogP contribution in [0.4, 0.5) is 0 Å². The summed E-state index contributed by atoms with van der Waals surface area (Å²) < 4.78 is 23.2. The highest BCUT2D eigenvalue weighted by Gasteiger charge is 2.23. The van der Waals surface area contributed by atoms with Crippen molar-refractivity contribution in [3.63, 3.8) is 0 Å². The van der Waals surface area contributed by atoms with E-state index in [4.69, 9.17) is 9.05 Å². The van der Waals surface area contributed by atoms with E-state index < -0.39 is 26.6 Å². The fraction of sp³-hybridized carbons (Fsp3) is 0.585. The first-order chi connectivity index (χ1) is 36.0. The number of nitrogens with zero attached hydrogens (tertiary/aromatic N) is 1. The lowest BCUT2D eigenvalue weighted by Crippen LogP contribution is -2.45. The van der Waals surface area contributed by atoms with Crippen LogP contribution in [0.1, 0.15) is 194 Å². The molecule has 0 aromatic heterocycles. The molecule has 8 nitrogen and oxygen atoms in total. The summed E-state index contributed by atoms with van der Waals surface area (Å²) in [5.41, 5.74) is 0. The Kier molecular flexibility index (Phi) is 51.1. The summed E-state index contributed by atoms with van der Waals surface area (Å²) in [6.07, 6.45) is 84.7.